The number of hydrogen-bond donors (Lipinski definition) is 0. The van der Waals surface area contributed by atoms with Gasteiger partial charge in [-0.05, 0) is 31.2 Å². The van der Waals surface area contributed by atoms with Gasteiger partial charge >= 0.3 is 0 Å². The minimum Gasteiger partial charge on any atom is -0.300 e. The molecule has 1 nitrogen and oxygen atoms in total. The second kappa shape index (κ2) is 2.23. The molecule has 1 aliphatic heterocycles. The first-order chi connectivity index (χ1) is 4.81. The van der Waals surface area contributed by atoms with Crippen LogP contribution in [0.4, 0.5) is 0 Å². The zero-order valence-corrected chi connectivity index (χ0v) is 7.01. The monoisotopic (exact) mass is 139 g/mol. The third kappa shape index (κ3) is 0.800. The van der Waals surface area contributed by atoms with Gasteiger partial charge in [-0.2, -0.15) is 0 Å². The predicted octanol–water partition coefficient (Wildman–Crippen LogP) is 1.74. The van der Waals surface area contributed by atoms with Crippen molar-refractivity contribution in [2.45, 2.75) is 32.7 Å². The highest BCUT2D eigenvalue weighted by Crippen LogP contribution is 2.41. The van der Waals surface area contributed by atoms with E-state index < -0.39 is 0 Å². The zero-order chi connectivity index (χ0) is 7.14. The van der Waals surface area contributed by atoms with Gasteiger partial charge in [0.2, 0.25) is 0 Å². The molecule has 2 unspecified atom stereocenters. The van der Waals surface area contributed by atoms with Crippen LogP contribution in [0.15, 0.2) is 0 Å². The largest absolute Gasteiger partial charge is 0.300 e. The fourth-order valence-corrected chi connectivity index (χ4v) is 2.69. The molecule has 1 aliphatic carbocycles. The summed E-state index contributed by atoms with van der Waals surface area (Å²) in [7, 11) is 0. The Labute approximate surface area is 63.4 Å². The van der Waals surface area contributed by atoms with Crippen molar-refractivity contribution in [1.29, 1.82) is 0 Å². The van der Waals surface area contributed by atoms with Crippen LogP contribution in [0.2, 0.25) is 0 Å². The SMILES string of the molecule is CCN1CC2CC1C[C@H]2C. The molecule has 2 bridgehead atoms. The highest BCUT2D eigenvalue weighted by atomic mass is 15.2. The molecule has 10 heavy (non-hydrogen) atoms. The van der Waals surface area contributed by atoms with E-state index in [0.29, 0.717) is 0 Å². The molecule has 2 aliphatic rings. The molecule has 0 aromatic rings. The molecular formula is C9H17N. The summed E-state index contributed by atoms with van der Waals surface area (Å²) in [6.07, 6.45) is 2.97. The molecule has 1 saturated carbocycles. The van der Waals surface area contributed by atoms with Crippen LogP contribution in [-0.4, -0.2) is 24.0 Å². The average molecular weight is 139 g/mol. The predicted molar refractivity (Wildman–Crippen MR) is 42.9 cm³/mol. The molecule has 2 rings (SSSR count). The summed E-state index contributed by atoms with van der Waals surface area (Å²) in [5.41, 5.74) is 0. The van der Waals surface area contributed by atoms with Crippen molar-refractivity contribution in [3.63, 3.8) is 0 Å². The van der Waals surface area contributed by atoms with Gasteiger partial charge in [0.15, 0.2) is 0 Å². The summed E-state index contributed by atoms with van der Waals surface area (Å²) in [5, 5.41) is 0. The number of likely N-dealkylation sites (tertiary alicyclic amines) is 1. The van der Waals surface area contributed by atoms with E-state index in [2.05, 4.69) is 18.7 Å². The van der Waals surface area contributed by atoms with Crippen molar-refractivity contribution in [2.75, 3.05) is 13.1 Å². The Bertz CT molecular complexity index is 131. The maximum Gasteiger partial charge on any atom is 0.0101 e. The van der Waals surface area contributed by atoms with Crippen LogP contribution in [0, 0.1) is 11.8 Å². The van der Waals surface area contributed by atoms with E-state index >= 15 is 0 Å². The fourth-order valence-electron chi connectivity index (χ4n) is 2.69. The van der Waals surface area contributed by atoms with Crippen molar-refractivity contribution in [2.24, 2.45) is 11.8 Å². The van der Waals surface area contributed by atoms with Crippen molar-refractivity contribution < 1.29 is 0 Å². The third-order valence-corrected chi connectivity index (χ3v) is 3.42. The summed E-state index contributed by atoms with van der Waals surface area (Å²) < 4.78 is 0. The van der Waals surface area contributed by atoms with E-state index in [0.717, 1.165) is 17.9 Å². The fraction of sp³-hybridized carbons (Fsp3) is 1.00. The first-order valence-corrected chi connectivity index (χ1v) is 4.55. The molecule has 0 amide bonds. The molecule has 1 heteroatoms. The zero-order valence-electron chi connectivity index (χ0n) is 7.01. The van der Waals surface area contributed by atoms with E-state index in [1.54, 1.807) is 0 Å². The van der Waals surface area contributed by atoms with Gasteiger partial charge in [-0.25, -0.2) is 0 Å². The summed E-state index contributed by atoms with van der Waals surface area (Å²) in [4.78, 5) is 2.64. The molecular weight excluding hydrogens is 122 g/mol. The van der Waals surface area contributed by atoms with Crippen LogP contribution in [0.25, 0.3) is 0 Å². The summed E-state index contributed by atoms with van der Waals surface area (Å²) in [6.45, 7) is 7.36. The summed E-state index contributed by atoms with van der Waals surface area (Å²) in [6, 6.07) is 0.963. The van der Waals surface area contributed by atoms with Gasteiger partial charge in [-0.3, -0.25) is 0 Å². The van der Waals surface area contributed by atoms with Crippen LogP contribution in [0.3, 0.4) is 0 Å². The van der Waals surface area contributed by atoms with Crippen molar-refractivity contribution in [1.82, 2.24) is 4.90 Å². The van der Waals surface area contributed by atoms with Gasteiger partial charge in [0.05, 0.1) is 0 Å². The van der Waals surface area contributed by atoms with Gasteiger partial charge in [0, 0.05) is 12.6 Å². The molecule has 1 heterocycles. The Morgan fingerprint density at radius 1 is 1.40 bits per heavy atom. The molecule has 2 fully saturated rings. The Hall–Kier alpha value is -0.0400. The van der Waals surface area contributed by atoms with Crippen molar-refractivity contribution in [3.05, 3.63) is 0 Å². The minimum absolute atomic E-state index is 0.963. The van der Waals surface area contributed by atoms with Gasteiger partial charge in [0.1, 0.15) is 0 Å². The number of piperidine rings is 1. The molecule has 3 atom stereocenters. The van der Waals surface area contributed by atoms with Crippen molar-refractivity contribution in [3.8, 4) is 0 Å². The van der Waals surface area contributed by atoms with Gasteiger partial charge in [0.25, 0.3) is 0 Å². The number of nitrogens with zero attached hydrogens (tertiary/aromatic N) is 1. The van der Waals surface area contributed by atoms with Crippen molar-refractivity contribution >= 4 is 0 Å². The normalized spacial score (nSPS) is 46.8. The number of fused-ring (bicyclic) bond motifs is 2. The van der Waals surface area contributed by atoms with E-state index in [1.165, 1.54) is 25.9 Å². The number of hydrogen-bond acceptors (Lipinski definition) is 1. The molecule has 0 aromatic heterocycles. The standard InChI is InChI=1S/C9H17N/c1-3-10-6-8-5-9(10)4-7(8)2/h7-9H,3-6H2,1-2H3/t7-,8?,9?/m1/s1. The van der Waals surface area contributed by atoms with Crippen LogP contribution in [0.1, 0.15) is 26.7 Å². The maximum atomic E-state index is 2.64. The Balaban J connectivity index is 2.02. The van der Waals surface area contributed by atoms with Gasteiger partial charge < -0.3 is 4.90 Å². The first kappa shape index (κ1) is 6.66. The van der Waals surface area contributed by atoms with Crippen LogP contribution >= 0.6 is 0 Å². The average Bonchev–Trinajstić information content (AvgIpc) is 2.44. The summed E-state index contributed by atoms with van der Waals surface area (Å²) in [5.74, 6) is 2.07. The number of rotatable bonds is 1. The van der Waals surface area contributed by atoms with E-state index in [-0.39, 0.29) is 0 Å². The van der Waals surface area contributed by atoms with Crippen LogP contribution in [0.5, 0.6) is 0 Å². The second-order valence-corrected chi connectivity index (χ2v) is 3.95. The topological polar surface area (TPSA) is 3.24 Å². The first-order valence-electron chi connectivity index (χ1n) is 4.55. The molecule has 0 N–H and O–H groups in total. The maximum absolute atomic E-state index is 2.64. The Morgan fingerprint density at radius 2 is 2.20 bits per heavy atom. The lowest BCUT2D eigenvalue weighted by molar-refractivity contribution is 0.190. The molecule has 0 aromatic carbocycles. The highest BCUT2D eigenvalue weighted by molar-refractivity contribution is 4.94. The Morgan fingerprint density at radius 3 is 2.60 bits per heavy atom. The van der Waals surface area contributed by atoms with Crippen LogP contribution < -0.4 is 0 Å². The van der Waals surface area contributed by atoms with Gasteiger partial charge in [-0.15, -0.1) is 0 Å². The Kier molecular flexibility index (Phi) is 1.48. The second-order valence-electron chi connectivity index (χ2n) is 3.95. The lowest BCUT2D eigenvalue weighted by Crippen LogP contribution is -2.34. The smallest absolute Gasteiger partial charge is 0.0101 e. The van der Waals surface area contributed by atoms with E-state index in [4.69, 9.17) is 0 Å². The lowest BCUT2D eigenvalue weighted by Gasteiger charge is -2.28. The summed E-state index contributed by atoms with van der Waals surface area (Å²) >= 11 is 0. The quantitative estimate of drug-likeness (QED) is 0.535. The molecule has 58 valence electrons. The lowest BCUT2D eigenvalue weighted by atomic mass is 9.97. The molecule has 1 saturated heterocycles. The molecule has 0 radical (unpaired) electrons. The third-order valence-electron chi connectivity index (χ3n) is 3.42. The van der Waals surface area contributed by atoms with Crippen LogP contribution in [-0.2, 0) is 0 Å². The highest BCUT2D eigenvalue weighted by Gasteiger charge is 2.41. The molecule has 0 spiro atoms. The van der Waals surface area contributed by atoms with E-state index in [9.17, 15) is 0 Å². The van der Waals surface area contributed by atoms with E-state index in [1.807, 2.05) is 0 Å². The minimum atomic E-state index is 0.963. The van der Waals surface area contributed by atoms with Gasteiger partial charge in [-0.1, -0.05) is 13.8 Å².